The van der Waals surface area contributed by atoms with Crippen LogP contribution in [0.15, 0.2) is 22.7 Å². The first kappa shape index (κ1) is 12.2. The molecule has 0 aromatic heterocycles. The topological polar surface area (TPSA) is 9.23 Å². The van der Waals surface area contributed by atoms with Crippen LogP contribution >= 0.6 is 15.9 Å². The molecule has 1 aromatic rings. The van der Waals surface area contributed by atoms with Crippen LogP contribution in [-0.2, 0) is 6.18 Å². The SMILES string of the molecule is FC(F)Oc1ccc(Br)c(C(F)(F)F)c1. The Balaban J connectivity index is 3.06. The molecule has 15 heavy (non-hydrogen) atoms. The minimum Gasteiger partial charge on any atom is -0.435 e. The van der Waals surface area contributed by atoms with E-state index in [1.165, 1.54) is 0 Å². The molecule has 0 unspecified atom stereocenters. The second-order valence-corrected chi connectivity index (χ2v) is 3.37. The fraction of sp³-hybridized carbons (Fsp3) is 0.250. The summed E-state index contributed by atoms with van der Waals surface area (Å²) in [5, 5.41) is 0. The summed E-state index contributed by atoms with van der Waals surface area (Å²) < 4.78 is 64.0. The van der Waals surface area contributed by atoms with Crippen molar-refractivity contribution in [1.82, 2.24) is 0 Å². The van der Waals surface area contributed by atoms with Gasteiger partial charge in [0.15, 0.2) is 0 Å². The maximum Gasteiger partial charge on any atom is 0.417 e. The summed E-state index contributed by atoms with van der Waals surface area (Å²) in [7, 11) is 0. The number of rotatable bonds is 2. The molecule has 0 fully saturated rings. The molecular weight excluding hydrogens is 287 g/mol. The molecule has 0 saturated carbocycles. The van der Waals surface area contributed by atoms with Gasteiger partial charge in [0, 0.05) is 4.47 Å². The van der Waals surface area contributed by atoms with Gasteiger partial charge in [0.05, 0.1) is 5.56 Å². The molecule has 7 heteroatoms. The van der Waals surface area contributed by atoms with Gasteiger partial charge in [-0.15, -0.1) is 0 Å². The van der Waals surface area contributed by atoms with Crippen LogP contribution in [0.2, 0.25) is 0 Å². The molecule has 0 bridgehead atoms. The molecule has 0 aliphatic carbocycles. The summed E-state index contributed by atoms with van der Waals surface area (Å²) in [4.78, 5) is 0. The Hall–Kier alpha value is -0.850. The van der Waals surface area contributed by atoms with E-state index >= 15 is 0 Å². The van der Waals surface area contributed by atoms with Crippen molar-refractivity contribution in [1.29, 1.82) is 0 Å². The third-order valence-electron chi connectivity index (χ3n) is 1.47. The van der Waals surface area contributed by atoms with Gasteiger partial charge >= 0.3 is 12.8 Å². The fourth-order valence-corrected chi connectivity index (χ4v) is 1.37. The van der Waals surface area contributed by atoms with E-state index in [2.05, 4.69) is 20.7 Å². The highest BCUT2D eigenvalue weighted by Gasteiger charge is 2.33. The van der Waals surface area contributed by atoms with Crippen molar-refractivity contribution in [2.75, 3.05) is 0 Å². The summed E-state index contributed by atoms with van der Waals surface area (Å²) in [5.41, 5.74) is -1.05. The van der Waals surface area contributed by atoms with Crippen LogP contribution in [0.1, 0.15) is 5.56 Å². The molecule has 0 amide bonds. The summed E-state index contributed by atoms with van der Waals surface area (Å²) in [6.45, 7) is -3.15. The number of alkyl halides is 5. The monoisotopic (exact) mass is 290 g/mol. The van der Waals surface area contributed by atoms with Crippen LogP contribution in [0.3, 0.4) is 0 Å². The predicted molar refractivity (Wildman–Crippen MR) is 45.8 cm³/mol. The first-order valence-corrected chi connectivity index (χ1v) is 4.41. The van der Waals surface area contributed by atoms with Gasteiger partial charge in [-0.05, 0) is 18.2 Å². The maximum atomic E-state index is 12.3. The van der Waals surface area contributed by atoms with Gasteiger partial charge in [-0.3, -0.25) is 0 Å². The van der Waals surface area contributed by atoms with Gasteiger partial charge in [-0.1, -0.05) is 15.9 Å². The average molecular weight is 291 g/mol. The Morgan fingerprint density at radius 1 is 1.20 bits per heavy atom. The van der Waals surface area contributed by atoms with E-state index in [-0.39, 0.29) is 4.47 Å². The highest BCUT2D eigenvalue weighted by Crippen LogP contribution is 2.37. The number of halogens is 6. The minimum absolute atomic E-state index is 0.225. The lowest BCUT2D eigenvalue weighted by molar-refractivity contribution is -0.138. The van der Waals surface area contributed by atoms with Crippen molar-refractivity contribution in [3.63, 3.8) is 0 Å². The molecule has 0 heterocycles. The van der Waals surface area contributed by atoms with Crippen LogP contribution < -0.4 is 4.74 Å². The van der Waals surface area contributed by atoms with E-state index < -0.39 is 24.1 Å². The number of benzene rings is 1. The van der Waals surface area contributed by atoms with Crippen LogP contribution in [-0.4, -0.2) is 6.61 Å². The van der Waals surface area contributed by atoms with Gasteiger partial charge in [0.1, 0.15) is 5.75 Å². The third kappa shape index (κ3) is 3.33. The molecule has 0 atom stereocenters. The van der Waals surface area contributed by atoms with Gasteiger partial charge in [-0.2, -0.15) is 22.0 Å². The number of hydrogen-bond donors (Lipinski definition) is 0. The third-order valence-corrected chi connectivity index (χ3v) is 2.16. The van der Waals surface area contributed by atoms with Crippen molar-refractivity contribution in [3.05, 3.63) is 28.2 Å². The zero-order valence-electron chi connectivity index (χ0n) is 6.99. The summed E-state index contributed by atoms with van der Waals surface area (Å²) in [6.07, 6.45) is -4.61. The lowest BCUT2D eigenvalue weighted by atomic mass is 10.2. The molecule has 84 valence electrons. The lowest BCUT2D eigenvalue weighted by Gasteiger charge is -2.11. The summed E-state index contributed by atoms with van der Waals surface area (Å²) in [5.74, 6) is -0.527. The molecule has 0 aliphatic heterocycles. The van der Waals surface area contributed by atoms with Crippen molar-refractivity contribution in [3.8, 4) is 5.75 Å². The van der Waals surface area contributed by atoms with Gasteiger partial charge in [0.25, 0.3) is 0 Å². The molecule has 0 N–H and O–H groups in total. The molecule has 0 spiro atoms. The number of hydrogen-bond acceptors (Lipinski definition) is 1. The van der Waals surface area contributed by atoms with Crippen LogP contribution in [0.5, 0.6) is 5.75 Å². The normalized spacial score (nSPS) is 11.9. The molecule has 1 rings (SSSR count). The highest BCUT2D eigenvalue weighted by atomic mass is 79.9. The van der Waals surface area contributed by atoms with E-state index in [1.807, 2.05) is 0 Å². The molecule has 1 nitrogen and oxygen atoms in total. The van der Waals surface area contributed by atoms with Gasteiger partial charge in [0.2, 0.25) is 0 Å². The van der Waals surface area contributed by atoms with Crippen LogP contribution in [0.4, 0.5) is 22.0 Å². The zero-order chi connectivity index (χ0) is 11.6. The standard InChI is InChI=1S/C8H4BrF5O/c9-6-2-1-4(15-7(10)11)3-5(6)8(12,13)14/h1-3,7H. The molecule has 0 saturated heterocycles. The van der Waals surface area contributed by atoms with Crippen molar-refractivity contribution in [2.24, 2.45) is 0 Å². The fourth-order valence-electron chi connectivity index (χ4n) is 0.898. The Morgan fingerprint density at radius 2 is 1.80 bits per heavy atom. The minimum atomic E-state index is -4.61. The quantitative estimate of drug-likeness (QED) is 0.746. The summed E-state index contributed by atoms with van der Waals surface area (Å²) in [6, 6.07) is 2.53. The Bertz CT molecular complexity index is 349. The van der Waals surface area contributed by atoms with Crippen LogP contribution in [0, 0.1) is 0 Å². The van der Waals surface area contributed by atoms with E-state index in [1.54, 1.807) is 0 Å². The van der Waals surface area contributed by atoms with E-state index in [0.29, 0.717) is 6.07 Å². The first-order chi connectivity index (χ1) is 6.80. The lowest BCUT2D eigenvalue weighted by Crippen LogP contribution is -2.08. The molecular formula is C8H4BrF5O. The van der Waals surface area contributed by atoms with E-state index in [4.69, 9.17) is 0 Å². The van der Waals surface area contributed by atoms with Crippen molar-refractivity contribution in [2.45, 2.75) is 12.8 Å². The number of ether oxygens (including phenoxy) is 1. The average Bonchev–Trinajstić information content (AvgIpc) is 2.05. The van der Waals surface area contributed by atoms with Gasteiger partial charge < -0.3 is 4.74 Å². The molecule has 1 aromatic carbocycles. The maximum absolute atomic E-state index is 12.3. The second kappa shape index (κ2) is 4.34. The smallest absolute Gasteiger partial charge is 0.417 e. The van der Waals surface area contributed by atoms with Crippen molar-refractivity contribution < 1.29 is 26.7 Å². The Kier molecular flexibility index (Phi) is 3.54. The summed E-state index contributed by atoms with van der Waals surface area (Å²) >= 11 is 2.67. The zero-order valence-corrected chi connectivity index (χ0v) is 8.57. The Labute approximate surface area is 90.0 Å². The Morgan fingerprint density at radius 3 is 2.27 bits per heavy atom. The molecule has 0 radical (unpaired) electrons. The molecule has 0 aliphatic rings. The highest BCUT2D eigenvalue weighted by molar-refractivity contribution is 9.10. The van der Waals surface area contributed by atoms with E-state index in [9.17, 15) is 22.0 Å². The second-order valence-electron chi connectivity index (χ2n) is 2.52. The van der Waals surface area contributed by atoms with Gasteiger partial charge in [-0.25, -0.2) is 0 Å². The first-order valence-electron chi connectivity index (χ1n) is 3.62. The van der Waals surface area contributed by atoms with E-state index in [0.717, 1.165) is 12.1 Å². The van der Waals surface area contributed by atoms with Crippen molar-refractivity contribution >= 4 is 15.9 Å². The van der Waals surface area contributed by atoms with Crippen LogP contribution in [0.25, 0.3) is 0 Å². The largest absolute Gasteiger partial charge is 0.435 e. The predicted octanol–water partition coefficient (Wildman–Crippen LogP) is 4.07.